The van der Waals surface area contributed by atoms with Crippen LogP contribution >= 0.6 is 0 Å². The van der Waals surface area contributed by atoms with E-state index in [0.717, 1.165) is 39.0 Å². The topological polar surface area (TPSA) is 35.6 Å². The van der Waals surface area contributed by atoms with Crippen molar-refractivity contribution < 1.29 is 4.79 Å². The van der Waals surface area contributed by atoms with Crippen LogP contribution in [-0.2, 0) is 11.2 Å². The van der Waals surface area contributed by atoms with Gasteiger partial charge in [-0.25, -0.2) is 0 Å². The summed E-state index contributed by atoms with van der Waals surface area (Å²) in [5.41, 5.74) is 5.14. The van der Waals surface area contributed by atoms with Crippen LogP contribution in [0.1, 0.15) is 41.1 Å². The van der Waals surface area contributed by atoms with Gasteiger partial charge in [0.1, 0.15) is 0 Å². The summed E-state index contributed by atoms with van der Waals surface area (Å²) in [7, 11) is 2.17. The zero-order chi connectivity index (χ0) is 20.6. The lowest BCUT2D eigenvalue weighted by Crippen LogP contribution is -2.48. The highest BCUT2D eigenvalue weighted by Gasteiger charge is 2.24. The molecule has 1 amide bonds. The third-order valence-corrected chi connectivity index (χ3v) is 5.92. The molecule has 1 heterocycles. The highest BCUT2D eigenvalue weighted by Crippen LogP contribution is 2.22. The first-order chi connectivity index (χ1) is 14.0. The number of amides is 1. The van der Waals surface area contributed by atoms with Crippen molar-refractivity contribution in [2.45, 2.75) is 39.2 Å². The lowest BCUT2D eigenvalue weighted by Gasteiger charge is -2.38. The normalized spacial score (nSPS) is 16.5. The van der Waals surface area contributed by atoms with E-state index < -0.39 is 0 Å². The van der Waals surface area contributed by atoms with E-state index in [0.29, 0.717) is 13.0 Å². The van der Waals surface area contributed by atoms with Crippen LogP contribution in [0.5, 0.6) is 0 Å². The third kappa shape index (κ3) is 6.69. The molecule has 1 aliphatic heterocycles. The fourth-order valence-electron chi connectivity index (χ4n) is 3.89. The molecule has 4 nitrogen and oxygen atoms in total. The molecular weight excluding hydrogens is 358 g/mol. The minimum atomic E-state index is 0.156. The van der Waals surface area contributed by atoms with Crippen molar-refractivity contribution in [1.82, 2.24) is 15.1 Å². The summed E-state index contributed by atoms with van der Waals surface area (Å²) in [4.78, 5) is 17.4. The number of carbonyl (C=O) groups is 1. The molecule has 29 heavy (non-hydrogen) atoms. The highest BCUT2D eigenvalue weighted by atomic mass is 16.1. The molecule has 0 spiro atoms. The average molecular weight is 394 g/mol. The molecule has 2 aromatic carbocycles. The van der Waals surface area contributed by atoms with E-state index >= 15 is 0 Å². The molecule has 2 aromatic rings. The summed E-state index contributed by atoms with van der Waals surface area (Å²) in [6.07, 6.45) is 2.42. The number of rotatable bonds is 8. The van der Waals surface area contributed by atoms with E-state index in [2.05, 4.69) is 84.5 Å². The number of hydrogen-bond acceptors (Lipinski definition) is 3. The maximum Gasteiger partial charge on any atom is 0.220 e. The Morgan fingerprint density at radius 3 is 2.14 bits per heavy atom. The molecule has 4 heteroatoms. The zero-order valence-corrected chi connectivity index (χ0v) is 18.2. The van der Waals surface area contributed by atoms with Crippen molar-refractivity contribution in [2.75, 3.05) is 39.8 Å². The second-order valence-corrected chi connectivity index (χ2v) is 8.41. The Bertz CT molecular complexity index is 762. The number of piperazine rings is 1. The average Bonchev–Trinajstić information content (AvgIpc) is 2.72. The Balaban J connectivity index is 1.52. The van der Waals surface area contributed by atoms with Crippen LogP contribution in [0.4, 0.5) is 0 Å². The van der Waals surface area contributed by atoms with Gasteiger partial charge >= 0.3 is 0 Å². The van der Waals surface area contributed by atoms with Gasteiger partial charge in [-0.3, -0.25) is 9.69 Å². The van der Waals surface area contributed by atoms with Gasteiger partial charge in [0.2, 0.25) is 5.91 Å². The van der Waals surface area contributed by atoms with Crippen molar-refractivity contribution in [3.8, 4) is 0 Å². The number of carbonyl (C=O) groups excluding carboxylic acids is 1. The first-order valence-corrected chi connectivity index (χ1v) is 10.8. The van der Waals surface area contributed by atoms with Crippen molar-refractivity contribution in [2.24, 2.45) is 0 Å². The maximum atomic E-state index is 12.5. The number of aryl methyl sites for hydroxylation is 3. The van der Waals surface area contributed by atoms with Crippen LogP contribution in [0, 0.1) is 13.8 Å². The molecule has 1 N–H and O–H groups in total. The molecule has 156 valence electrons. The summed E-state index contributed by atoms with van der Waals surface area (Å²) in [5, 5.41) is 3.21. The molecule has 0 aliphatic carbocycles. The van der Waals surface area contributed by atoms with Crippen LogP contribution < -0.4 is 5.32 Å². The summed E-state index contributed by atoms with van der Waals surface area (Å²) >= 11 is 0. The van der Waals surface area contributed by atoms with Gasteiger partial charge in [-0.2, -0.15) is 0 Å². The fraction of sp³-hybridized carbons (Fsp3) is 0.480. The van der Waals surface area contributed by atoms with Gasteiger partial charge in [0.05, 0.1) is 6.04 Å². The number of nitrogens with one attached hydrogen (secondary N) is 1. The molecule has 0 bridgehead atoms. The van der Waals surface area contributed by atoms with Gasteiger partial charge < -0.3 is 10.2 Å². The monoisotopic (exact) mass is 393 g/mol. The Morgan fingerprint density at radius 1 is 0.931 bits per heavy atom. The highest BCUT2D eigenvalue weighted by molar-refractivity contribution is 5.75. The summed E-state index contributed by atoms with van der Waals surface area (Å²) in [6, 6.07) is 17.6. The quantitative estimate of drug-likeness (QED) is 0.742. The predicted octanol–water partition coefficient (Wildman–Crippen LogP) is 3.73. The van der Waals surface area contributed by atoms with Crippen molar-refractivity contribution in [1.29, 1.82) is 0 Å². The lowest BCUT2D eigenvalue weighted by molar-refractivity contribution is -0.121. The molecule has 0 radical (unpaired) electrons. The number of benzene rings is 2. The number of likely N-dealkylation sites (N-methyl/N-ethyl adjacent to an activating group) is 1. The first kappa shape index (κ1) is 21.5. The summed E-state index contributed by atoms with van der Waals surface area (Å²) < 4.78 is 0. The van der Waals surface area contributed by atoms with Crippen LogP contribution in [0.25, 0.3) is 0 Å². The minimum absolute atomic E-state index is 0.156. The second-order valence-electron chi connectivity index (χ2n) is 8.41. The number of hydrogen-bond donors (Lipinski definition) is 1. The second kappa shape index (κ2) is 10.6. The van der Waals surface area contributed by atoms with Crippen LogP contribution in [0.2, 0.25) is 0 Å². The molecule has 1 saturated heterocycles. The third-order valence-electron chi connectivity index (χ3n) is 5.92. The van der Waals surface area contributed by atoms with E-state index in [4.69, 9.17) is 0 Å². The summed E-state index contributed by atoms with van der Waals surface area (Å²) in [6.45, 7) is 9.12. The van der Waals surface area contributed by atoms with Crippen LogP contribution in [0.3, 0.4) is 0 Å². The molecular formula is C25H35N3O. The molecule has 1 atom stereocenters. The smallest absolute Gasteiger partial charge is 0.220 e. The molecule has 0 saturated carbocycles. The van der Waals surface area contributed by atoms with Crippen LogP contribution in [-0.4, -0.2) is 55.5 Å². The summed E-state index contributed by atoms with van der Waals surface area (Å²) in [5.74, 6) is 0.156. The SMILES string of the molecule is Cc1ccc(CCCC(=O)NCC(c2ccc(C)cc2)N2CCN(C)CC2)cc1. The van der Waals surface area contributed by atoms with Gasteiger partial charge in [-0.1, -0.05) is 59.7 Å². The largest absolute Gasteiger partial charge is 0.354 e. The van der Waals surface area contributed by atoms with Crippen LogP contribution in [0.15, 0.2) is 48.5 Å². The van der Waals surface area contributed by atoms with E-state index in [-0.39, 0.29) is 11.9 Å². The lowest BCUT2D eigenvalue weighted by atomic mass is 10.0. The van der Waals surface area contributed by atoms with Gasteiger partial charge in [0.15, 0.2) is 0 Å². The van der Waals surface area contributed by atoms with Gasteiger partial charge in [-0.15, -0.1) is 0 Å². The molecule has 1 aliphatic rings. The standard InChI is InChI=1S/C25H35N3O/c1-20-7-11-22(12-8-20)5-4-6-25(29)26-19-24(23-13-9-21(2)10-14-23)28-17-15-27(3)16-18-28/h7-14,24H,4-6,15-19H2,1-3H3,(H,26,29). The maximum absolute atomic E-state index is 12.5. The van der Waals surface area contributed by atoms with E-state index in [1.165, 1.54) is 22.3 Å². The molecule has 1 fully saturated rings. The molecule has 1 unspecified atom stereocenters. The fourth-order valence-corrected chi connectivity index (χ4v) is 3.89. The van der Waals surface area contributed by atoms with Crippen molar-refractivity contribution >= 4 is 5.91 Å². The zero-order valence-electron chi connectivity index (χ0n) is 18.2. The van der Waals surface area contributed by atoms with Crippen molar-refractivity contribution in [3.63, 3.8) is 0 Å². The van der Waals surface area contributed by atoms with Gasteiger partial charge in [0, 0.05) is 39.1 Å². The molecule has 0 aromatic heterocycles. The number of nitrogens with zero attached hydrogens (tertiary/aromatic N) is 2. The Kier molecular flexibility index (Phi) is 7.84. The molecule has 3 rings (SSSR count). The Labute approximate surface area is 175 Å². The van der Waals surface area contributed by atoms with Gasteiger partial charge in [-0.05, 0) is 44.9 Å². The Hall–Kier alpha value is -2.17. The minimum Gasteiger partial charge on any atom is -0.354 e. The van der Waals surface area contributed by atoms with Crippen molar-refractivity contribution in [3.05, 3.63) is 70.8 Å². The van der Waals surface area contributed by atoms with Gasteiger partial charge in [0.25, 0.3) is 0 Å². The first-order valence-electron chi connectivity index (χ1n) is 10.8. The predicted molar refractivity (Wildman–Crippen MR) is 120 cm³/mol. The Morgan fingerprint density at radius 2 is 1.52 bits per heavy atom. The van der Waals surface area contributed by atoms with E-state index in [9.17, 15) is 4.79 Å². The van der Waals surface area contributed by atoms with E-state index in [1.54, 1.807) is 0 Å². The van der Waals surface area contributed by atoms with E-state index in [1.807, 2.05) is 0 Å².